The molecule has 0 spiro atoms. The fourth-order valence-electron chi connectivity index (χ4n) is 1.81. The first-order chi connectivity index (χ1) is 10.7. The van der Waals surface area contributed by atoms with Gasteiger partial charge in [0.15, 0.2) is 5.96 Å². The summed E-state index contributed by atoms with van der Waals surface area (Å²) in [6.45, 7) is 4.21. The second-order valence-electron chi connectivity index (χ2n) is 4.63. The van der Waals surface area contributed by atoms with E-state index in [1.54, 1.807) is 11.3 Å². The van der Waals surface area contributed by atoms with Crippen molar-refractivity contribution in [1.82, 2.24) is 4.98 Å². The number of hydrogen-bond acceptors (Lipinski definition) is 4. The quantitative estimate of drug-likeness (QED) is 0.657. The van der Waals surface area contributed by atoms with Crippen molar-refractivity contribution in [3.63, 3.8) is 0 Å². The summed E-state index contributed by atoms with van der Waals surface area (Å²) in [5, 5.41) is 3.75. The molecule has 2 rings (SSSR count). The Morgan fingerprint density at radius 1 is 1.30 bits per heavy atom. The van der Waals surface area contributed by atoms with Gasteiger partial charge in [0.2, 0.25) is 0 Å². The van der Waals surface area contributed by atoms with E-state index >= 15 is 0 Å². The largest absolute Gasteiger partial charge is 0.573 e. The minimum absolute atomic E-state index is 0.152. The molecule has 0 amide bonds. The third-order valence-electron chi connectivity index (χ3n) is 2.76. The molecule has 0 fully saturated rings. The van der Waals surface area contributed by atoms with Crippen molar-refractivity contribution in [3.05, 3.63) is 39.8 Å². The van der Waals surface area contributed by atoms with Gasteiger partial charge in [0.05, 0.1) is 17.2 Å². The van der Waals surface area contributed by atoms with Crippen LogP contribution in [0.3, 0.4) is 0 Å². The van der Waals surface area contributed by atoms with Gasteiger partial charge in [-0.15, -0.1) is 24.5 Å². The maximum absolute atomic E-state index is 12.1. The van der Waals surface area contributed by atoms with E-state index < -0.39 is 6.36 Å². The Balaban J connectivity index is 1.95. The zero-order valence-corrected chi connectivity index (χ0v) is 13.3. The molecule has 3 N–H and O–H groups in total. The van der Waals surface area contributed by atoms with Crippen molar-refractivity contribution in [2.75, 3.05) is 5.32 Å². The Morgan fingerprint density at radius 2 is 1.96 bits per heavy atom. The van der Waals surface area contributed by atoms with Gasteiger partial charge in [-0.1, -0.05) is 0 Å². The number of ether oxygens (including phenoxy) is 1. The SMILES string of the molecule is Cc1nc(CN=C(N)Nc2ccc(OC(F)(F)F)cc2)c(C)s1. The molecule has 0 saturated heterocycles. The Labute approximate surface area is 135 Å². The molecule has 0 atom stereocenters. The Morgan fingerprint density at radius 3 is 2.48 bits per heavy atom. The van der Waals surface area contributed by atoms with Crippen molar-refractivity contribution < 1.29 is 17.9 Å². The molecule has 0 aliphatic carbocycles. The molecular weight excluding hydrogens is 329 g/mol. The summed E-state index contributed by atoms with van der Waals surface area (Å²) >= 11 is 1.58. The number of aromatic nitrogens is 1. The minimum atomic E-state index is -4.71. The van der Waals surface area contributed by atoms with E-state index in [1.165, 1.54) is 24.3 Å². The molecule has 0 unspecified atom stereocenters. The number of nitrogens with one attached hydrogen (secondary N) is 1. The normalized spacial score (nSPS) is 12.3. The molecule has 1 heterocycles. The van der Waals surface area contributed by atoms with E-state index in [0.717, 1.165) is 15.6 Å². The smallest absolute Gasteiger partial charge is 0.406 e. The summed E-state index contributed by atoms with van der Waals surface area (Å²) in [7, 11) is 0. The lowest BCUT2D eigenvalue weighted by molar-refractivity contribution is -0.274. The standard InChI is InChI=1S/C14H15F3N4OS/c1-8-12(20-9(2)23-8)7-19-13(18)21-10-3-5-11(6-4-10)22-14(15,16)17/h3-6H,7H2,1-2H3,(H3,18,19,21). The zero-order chi connectivity index (χ0) is 17.0. The third kappa shape index (κ3) is 5.44. The predicted octanol–water partition coefficient (Wildman–Crippen LogP) is 3.59. The first-order valence-electron chi connectivity index (χ1n) is 6.58. The Bertz CT molecular complexity index is 695. The number of halogens is 3. The number of guanidine groups is 1. The highest BCUT2D eigenvalue weighted by Crippen LogP contribution is 2.24. The van der Waals surface area contributed by atoms with E-state index in [1.807, 2.05) is 13.8 Å². The van der Waals surface area contributed by atoms with Crippen LogP contribution in [-0.2, 0) is 6.54 Å². The van der Waals surface area contributed by atoms with Crippen LogP contribution in [0.5, 0.6) is 5.75 Å². The van der Waals surface area contributed by atoms with Crippen LogP contribution >= 0.6 is 11.3 Å². The lowest BCUT2D eigenvalue weighted by atomic mass is 10.3. The van der Waals surface area contributed by atoms with Crippen LogP contribution in [0.25, 0.3) is 0 Å². The van der Waals surface area contributed by atoms with Crippen molar-refractivity contribution in [3.8, 4) is 5.75 Å². The van der Waals surface area contributed by atoms with Crippen LogP contribution in [0, 0.1) is 13.8 Å². The van der Waals surface area contributed by atoms with Gasteiger partial charge in [-0.3, -0.25) is 0 Å². The molecule has 0 saturated carbocycles. The monoisotopic (exact) mass is 344 g/mol. The van der Waals surface area contributed by atoms with Crippen molar-refractivity contribution >= 4 is 23.0 Å². The summed E-state index contributed by atoms with van der Waals surface area (Å²) in [6, 6.07) is 5.22. The number of nitrogens with zero attached hydrogens (tertiary/aromatic N) is 2. The molecule has 23 heavy (non-hydrogen) atoms. The summed E-state index contributed by atoms with van der Waals surface area (Å²) in [6.07, 6.45) is -4.71. The number of thiazole rings is 1. The van der Waals surface area contributed by atoms with Crippen LogP contribution in [0.1, 0.15) is 15.6 Å². The fraction of sp³-hybridized carbons (Fsp3) is 0.286. The lowest BCUT2D eigenvalue weighted by Gasteiger charge is -2.10. The molecule has 1 aromatic heterocycles. The Kier molecular flexibility index (Phi) is 5.09. The van der Waals surface area contributed by atoms with Crippen LogP contribution in [-0.4, -0.2) is 17.3 Å². The number of alkyl halides is 3. The molecule has 124 valence electrons. The highest BCUT2D eigenvalue weighted by molar-refractivity contribution is 7.11. The number of aliphatic imine (C=N–C) groups is 1. The maximum Gasteiger partial charge on any atom is 0.573 e. The van der Waals surface area contributed by atoms with Gasteiger partial charge in [-0.25, -0.2) is 9.98 Å². The molecule has 9 heteroatoms. The topological polar surface area (TPSA) is 72.5 Å². The van der Waals surface area contributed by atoms with E-state index in [-0.39, 0.29) is 11.7 Å². The highest BCUT2D eigenvalue weighted by Gasteiger charge is 2.30. The number of nitrogens with two attached hydrogens (primary N) is 1. The predicted molar refractivity (Wildman–Crippen MR) is 83.7 cm³/mol. The third-order valence-corrected chi connectivity index (χ3v) is 3.69. The van der Waals surface area contributed by atoms with Gasteiger partial charge in [0.1, 0.15) is 5.75 Å². The second-order valence-corrected chi connectivity index (χ2v) is 6.04. The highest BCUT2D eigenvalue weighted by atomic mass is 32.1. The summed E-state index contributed by atoms with van der Waals surface area (Å²) in [5.41, 5.74) is 7.11. The van der Waals surface area contributed by atoms with Crippen molar-refractivity contribution in [2.24, 2.45) is 10.7 Å². The van der Waals surface area contributed by atoms with Crippen LogP contribution in [0.2, 0.25) is 0 Å². The molecule has 2 aromatic rings. The minimum Gasteiger partial charge on any atom is -0.406 e. The first kappa shape index (κ1) is 17.1. The zero-order valence-electron chi connectivity index (χ0n) is 12.4. The summed E-state index contributed by atoms with van der Waals surface area (Å²) in [5.74, 6) is -0.147. The van der Waals surface area contributed by atoms with Gasteiger partial charge in [-0.2, -0.15) is 0 Å². The van der Waals surface area contributed by atoms with Gasteiger partial charge in [0.25, 0.3) is 0 Å². The van der Waals surface area contributed by atoms with Gasteiger partial charge in [0, 0.05) is 10.6 Å². The van der Waals surface area contributed by atoms with Crippen LogP contribution in [0.15, 0.2) is 29.3 Å². The number of aryl methyl sites for hydroxylation is 2. The number of anilines is 1. The molecule has 0 aliphatic heterocycles. The lowest BCUT2D eigenvalue weighted by Crippen LogP contribution is -2.22. The van der Waals surface area contributed by atoms with E-state index in [4.69, 9.17) is 5.73 Å². The Hall–Kier alpha value is -2.29. The molecule has 0 radical (unpaired) electrons. The van der Waals surface area contributed by atoms with Crippen LogP contribution in [0.4, 0.5) is 18.9 Å². The summed E-state index contributed by atoms with van der Waals surface area (Å²) in [4.78, 5) is 9.58. The number of hydrogen-bond donors (Lipinski definition) is 2. The molecule has 5 nitrogen and oxygen atoms in total. The molecule has 0 aliphatic rings. The van der Waals surface area contributed by atoms with E-state index in [9.17, 15) is 13.2 Å². The fourth-order valence-corrected chi connectivity index (χ4v) is 2.63. The average Bonchev–Trinajstić information content (AvgIpc) is 2.75. The van der Waals surface area contributed by atoms with E-state index in [2.05, 4.69) is 20.0 Å². The van der Waals surface area contributed by atoms with E-state index in [0.29, 0.717) is 12.2 Å². The molecule has 0 bridgehead atoms. The van der Waals surface area contributed by atoms with Crippen LogP contribution < -0.4 is 15.8 Å². The number of rotatable bonds is 4. The van der Waals surface area contributed by atoms with Gasteiger partial charge < -0.3 is 15.8 Å². The average molecular weight is 344 g/mol. The molecular formula is C14H15F3N4OS. The second kappa shape index (κ2) is 6.86. The van der Waals surface area contributed by atoms with Gasteiger partial charge >= 0.3 is 6.36 Å². The number of benzene rings is 1. The molecule has 1 aromatic carbocycles. The van der Waals surface area contributed by atoms with Crippen molar-refractivity contribution in [1.29, 1.82) is 0 Å². The van der Waals surface area contributed by atoms with Crippen molar-refractivity contribution in [2.45, 2.75) is 26.8 Å². The maximum atomic E-state index is 12.1. The first-order valence-corrected chi connectivity index (χ1v) is 7.40. The van der Waals surface area contributed by atoms with Gasteiger partial charge in [-0.05, 0) is 38.1 Å². The summed E-state index contributed by atoms with van der Waals surface area (Å²) < 4.78 is 40.0.